The van der Waals surface area contributed by atoms with Gasteiger partial charge in [0.15, 0.2) is 0 Å². The quantitative estimate of drug-likeness (QED) is 0.500. The zero-order valence-corrected chi connectivity index (χ0v) is 19.2. The highest BCUT2D eigenvalue weighted by Crippen LogP contribution is 2.20. The van der Waals surface area contributed by atoms with Crippen molar-refractivity contribution in [3.63, 3.8) is 0 Å². The van der Waals surface area contributed by atoms with Crippen molar-refractivity contribution >= 4 is 24.3 Å². The monoisotopic (exact) mass is 462 g/mol. The van der Waals surface area contributed by atoms with E-state index in [4.69, 9.17) is 9.90 Å². The van der Waals surface area contributed by atoms with Gasteiger partial charge in [0.25, 0.3) is 12.4 Å². The lowest BCUT2D eigenvalue weighted by molar-refractivity contribution is -0.123. The van der Waals surface area contributed by atoms with E-state index in [1.807, 2.05) is 4.90 Å². The lowest BCUT2D eigenvalue weighted by Gasteiger charge is -2.35. The topological polar surface area (TPSA) is 129 Å². The number of pyridine rings is 1. The average Bonchev–Trinajstić information content (AvgIpc) is 2.84. The van der Waals surface area contributed by atoms with Crippen LogP contribution in [0.1, 0.15) is 65.8 Å². The molecule has 1 aromatic heterocycles. The number of hydrogen-bond donors (Lipinski definition) is 2. The number of methoxy groups -OCH3 is 1. The number of nitrogens with zero attached hydrogens (tertiary/aromatic N) is 3. The fraction of sp³-hybridized carbons (Fsp3) is 0.609. The molecule has 0 spiro atoms. The van der Waals surface area contributed by atoms with Crippen LogP contribution < -0.4 is 5.32 Å². The molecule has 0 radical (unpaired) electrons. The van der Waals surface area contributed by atoms with Crippen molar-refractivity contribution < 1.29 is 29.0 Å². The van der Waals surface area contributed by atoms with Crippen LogP contribution in [-0.2, 0) is 14.3 Å². The summed E-state index contributed by atoms with van der Waals surface area (Å²) in [5, 5.41) is 9.92. The second-order valence-corrected chi connectivity index (χ2v) is 8.12. The van der Waals surface area contributed by atoms with Crippen molar-refractivity contribution in [3.8, 4) is 0 Å². The lowest BCUT2D eigenvalue weighted by Crippen LogP contribution is -2.44. The van der Waals surface area contributed by atoms with Crippen LogP contribution in [0, 0.1) is 0 Å². The third kappa shape index (κ3) is 8.45. The summed E-state index contributed by atoms with van der Waals surface area (Å²) in [6.45, 7) is 3.57. The molecule has 2 amide bonds. The van der Waals surface area contributed by atoms with Gasteiger partial charge < -0.3 is 20.1 Å². The Labute approximate surface area is 194 Å². The Balaban J connectivity index is 0.00000122. The molecule has 2 saturated heterocycles. The number of aromatic nitrogens is 1. The molecular formula is C23H34N4O6. The highest BCUT2D eigenvalue weighted by atomic mass is 16.5. The van der Waals surface area contributed by atoms with Gasteiger partial charge >= 0.3 is 5.97 Å². The van der Waals surface area contributed by atoms with Gasteiger partial charge in [0.05, 0.1) is 12.7 Å². The van der Waals surface area contributed by atoms with Gasteiger partial charge in [0.2, 0.25) is 5.91 Å². The minimum absolute atomic E-state index is 0.125. The van der Waals surface area contributed by atoms with Crippen LogP contribution in [0.3, 0.4) is 0 Å². The highest BCUT2D eigenvalue weighted by Gasteiger charge is 2.25. The molecule has 2 fully saturated rings. The molecule has 0 aliphatic carbocycles. The van der Waals surface area contributed by atoms with Crippen LogP contribution in [0.25, 0.3) is 0 Å². The SMILES string of the molecule is COC(=O)c1ccc(C(=O)N2CCCCNC(=O)CC3CCCCN3CCC2)nc1.O=CO. The Kier molecular flexibility index (Phi) is 11.3. The Morgan fingerprint density at radius 1 is 1.12 bits per heavy atom. The van der Waals surface area contributed by atoms with Crippen molar-refractivity contribution in [2.24, 2.45) is 0 Å². The van der Waals surface area contributed by atoms with Gasteiger partial charge in [0, 0.05) is 44.8 Å². The maximum atomic E-state index is 13.0. The number of carbonyl (C=O) groups excluding carboxylic acids is 3. The second kappa shape index (κ2) is 14.2. The fourth-order valence-corrected chi connectivity index (χ4v) is 4.23. The molecule has 3 rings (SSSR count). The molecule has 33 heavy (non-hydrogen) atoms. The lowest BCUT2D eigenvalue weighted by atomic mass is 9.98. The smallest absolute Gasteiger partial charge is 0.339 e. The predicted molar refractivity (Wildman–Crippen MR) is 121 cm³/mol. The van der Waals surface area contributed by atoms with Crippen molar-refractivity contribution in [1.29, 1.82) is 0 Å². The Hall–Kier alpha value is -3.01. The van der Waals surface area contributed by atoms with Crippen LogP contribution in [0.2, 0.25) is 0 Å². The number of fused-ring (bicyclic) bond motifs is 1. The molecule has 0 aromatic carbocycles. The molecule has 1 aromatic rings. The molecule has 10 nitrogen and oxygen atoms in total. The van der Waals surface area contributed by atoms with Gasteiger partial charge in [-0.2, -0.15) is 0 Å². The number of carboxylic acid groups (broad SMARTS) is 1. The van der Waals surface area contributed by atoms with Crippen LogP contribution in [0.15, 0.2) is 18.3 Å². The molecule has 2 aliphatic rings. The summed E-state index contributed by atoms with van der Waals surface area (Å²) in [4.78, 5) is 53.7. The van der Waals surface area contributed by atoms with Crippen LogP contribution in [0.5, 0.6) is 0 Å². The standard InChI is InChI=1S/C22H32N4O4.CH2O2/c1-30-22(29)17-8-9-19(24-16-17)21(28)26-12-5-3-10-23-20(27)15-18-7-2-4-11-25(18)13-6-14-26;2-1-3/h8-9,16,18H,2-7,10-15H2,1H3,(H,23,27);1H,(H,2,3). The summed E-state index contributed by atoms with van der Waals surface area (Å²) in [7, 11) is 1.32. The molecule has 0 bridgehead atoms. The first-order chi connectivity index (χ1) is 16.0. The number of piperidine rings is 1. The number of carbonyl (C=O) groups is 4. The van der Waals surface area contributed by atoms with Gasteiger partial charge in [0.1, 0.15) is 5.69 Å². The van der Waals surface area contributed by atoms with Crippen LogP contribution in [-0.4, -0.2) is 90.0 Å². The molecule has 3 heterocycles. The predicted octanol–water partition coefficient (Wildman–Crippen LogP) is 1.56. The molecule has 1 atom stereocenters. The van der Waals surface area contributed by atoms with Gasteiger partial charge in [-0.05, 0) is 50.8 Å². The third-order valence-electron chi connectivity index (χ3n) is 5.91. The number of amides is 2. The maximum Gasteiger partial charge on any atom is 0.339 e. The van der Waals surface area contributed by atoms with E-state index in [0.29, 0.717) is 43.4 Å². The molecule has 1 unspecified atom stereocenters. The highest BCUT2D eigenvalue weighted by molar-refractivity contribution is 5.94. The summed E-state index contributed by atoms with van der Waals surface area (Å²) in [6, 6.07) is 3.45. The Morgan fingerprint density at radius 3 is 2.52 bits per heavy atom. The summed E-state index contributed by atoms with van der Waals surface area (Å²) >= 11 is 0. The Morgan fingerprint density at radius 2 is 1.82 bits per heavy atom. The van der Waals surface area contributed by atoms with Crippen LogP contribution >= 0.6 is 0 Å². The summed E-state index contributed by atoms with van der Waals surface area (Å²) in [6.07, 6.45) is 7.87. The van der Waals surface area contributed by atoms with E-state index < -0.39 is 5.97 Å². The maximum absolute atomic E-state index is 13.0. The van der Waals surface area contributed by atoms with Gasteiger partial charge in [-0.15, -0.1) is 0 Å². The molecule has 2 aliphatic heterocycles. The number of ether oxygens (including phenoxy) is 1. The van der Waals surface area contributed by atoms with E-state index in [1.54, 1.807) is 12.1 Å². The largest absolute Gasteiger partial charge is 0.483 e. The van der Waals surface area contributed by atoms with Gasteiger partial charge in [-0.3, -0.25) is 24.3 Å². The third-order valence-corrected chi connectivity index (χ3v) is 5.91. The minimum Gasteiger partial charge on any atom is -0.483 e. The first-order valence-electron chi connectivity index (χ1n) is 11.4. The zero-order valence-electron chi connectivity index (χ0n) is 19.2. The molecule has 0 saturated carbocycles. The van der Waals surface area contributed by atoms with E-state index in [9.17, 15) is 14.4 Å². The first kappa shape index (κ1) is 26.2. The van der Waals surface area contributed by atoms with Crippen molar-refractivity contribution in [2.45, 2.75) is 51.0 Å². The summed E-state index contributed by atoms with van der Waals surface area (Å²) < 4.78 is 4.68. The zero-order chi connectivity index (χ0) is 24.1. The second-order valence-electron chi connectivity index (χ2n) is 8.12. The Bertz CT molecular complexity index is 786. The number of hydrogen-bond acceptors (Lipinski definition) is 7. The van der Waals surface area contributed by atoms with Crippen LogP contribution in [0.4, 0.5) is 0 Å². The molecule has 182 valence electrons. The van der Waals surface area contributed by atoms with E-state index in [-0.39, 0.29) is 18.3 Å². The van der Waals surface area contributed by atoms with Crippen molar-refractivity contribution in [1.82, 2.24) is 20.1 Å². The fourth-order valence-electron chi connectivity index (χ4n) is 4.23. The van der Waals surface area contributed by atoms with E-state index in [0.717, 1.165) is 45.2 Å². The van der Waals surface area contributed by atoms with Crippen molar-refractivity contribution in [2.75, 3.05) is 39.8 Å². The summed E-state index contributed by atoms with van der Waals surface area (Å²) in [5.41, 5.74) is 0.655. The number of rotatable bonds is 2. The van der Waals surface area contributed by atoms with E-state index in [1.165, 1.54) is 19.7 Å². The first-order valence-corrected chi connectivity index (χ1v) is 11.4. The van der Waals surface area contributed by atoms with Crippen molar-refractivity contribution in [3.05, 3.63) is 29.6 Å². The number of nitrogens with one attached hydrogen (secondary N) is 1. The normalized spacial score (nSPS) is 20.3. The van der Waals surface area contributed by atoms with Gasteiger partial charge in [-0.1, -0.05) is 6.42 Å². The number of esters is 1. The average molecular weight is 463 g/mol. The molecule has 2 N–H and O–H groups in total. The molecule has 10 heteroatoms. The van der Waals surface area contributed by atoms with Gasteiger partial charge in [-0.25, -0.2) is 4.79 Å². The van der Waals surface area contributed by atoms with E-state index >= 15 is 0 Å². The van der Waals surface area contributed by atoms with E-state index in [2.05, 4.69) is 19.9 Å². The summed E-state index contributed by atoms with van der Waals surface area (Å²) in [5.74, 6) is -0.462. The molecular weight excluding hydrogens is 428 g/mol. The minimum atomic E-state index is -0.470.